The van der Waals surface area contributed by atoms with Gasteiger partial charge in [-0.2, -0.15) is 0 Å². The molecule has 0 fully saturated rings. The highest BCUT2D eigenvalue weighted by Gasteiger charge is 2.18. The molecule has 2 aromatic carbocycles. The number of nitro benzene ring substituents is 1. The Kier molecular flexibility index (Phi) is 5.49. The Balaban J connectivity index is 2.07. The van der Waals surface area contributed by atoms with Crippen LogP contribution in [0, 0.1) is 24.0 Å². The highest BCUT2D eigenvalue weighted by Crippen LogP contribution is 2.19. The van der Waals surface area contributed by atoms with E-state index in [-0.39, 0.29) is 23.7 Å². The van der Waals surface area contributed by atoms with Crippen molar-refractivity contribution < 1.29 is 14.5 Å². The van der Waals surface area contributed by atoms with Crippen LogP contribution < -0.4 is 5.32 Å². The summed E-state index contributed by atoms with van der Waals surface area (Å²) in [6.07, 6.45) is 0. The summed E-state index contributed by atoms with van der Waals surface area (Å²) in [5, 5.41) is 13.6. The molecule has 7 heteroatoms. The second-order valence-electron chi connectivity index (χ2n) is 5.78. The monoisotopic (exact) mass is 341 g/mol. The van der Waals surface area contributed by atoms with Crippen LogP contribution >= 0.6 is 0 Å². The van der Waals surface area contributed by atoms with Gasteiger partial charge >= 0.3 is 0 Å². The van der Waals surface area contributed by atoms with Gasteiger partial charge < -0.3 is 10.2 Å². The normalized spacial score (nSPS) is 10.2. The van der Waals surface area contributed by atoms with Crippen molar-refractivity contribution in [3.8, 4) is 0 Å². The van der Waals surface area contributed by atoms with Crippen LogP contribution in [0.2, 0.25) is 0 Å². The number of nitrogens with one attached hydrogen (secondary N) is 1. The molecule has 2 amide bonds. The van der Waals surface area contributed by atoms with Crippen LogP contribution in [0.3, 0.4) is 0 Å². The zero-order chi connectivity index (χ0) is 18.6. The van der Waals surface area contributed by atoms with Crippen molar-refractivity contribution in [2.24, 2.45) is 0 Å². The highest BCUT2D eigenvalue weighted by atomic mass is 16.6. The lowest BCUT2D eigenvalue weighted by molar-refractivity contribution is -0.384. The molecule has 0 aromatic heterocycles. The van der Waals surface area contributed by atoms with Gasteiger partial charge in [-0.1, -0.05) is 24.3 Å². The topological polar surface area (TPSA) is 92.6 Å². The molecule has 0 saturated carbocycles. The summed E-state index contributed by atoms with van der Waals surface area (Å²) in [4.78, 5) is 36.1. The maximum atomic E-state index is 12.4. The Morgan fingerprint density at radius 1 is 1.12 bits per heavy atom. The van der Waals surface area contributed by atoms with Crippen LogP contribution in [-0.4, -0.2) is 35.2 Å². The first-order chi connectivity index (χ1) is 11.8. The number of hydrogen-bond donors (Lipinski definition) is 1. The van der Waals surface area contributed by atoms with E-state index in [1.807, 2.05) is 32.0 Å². The van der Waals surface area contributed by atoms with Crippen LogP contribution in [0.4, 0.5) is 11.4 Å². The van der Waals surface area contributed by atoms with Gasteiger partial charge in [0.1, 0.15) is 0 Å². The molecule has 7 nitrogen and oxygen atoms in total. The summed E-state index contributed by atoms with van der Waals surface area (Å²) < 4.78 is 0. The number of non-ortho nitro benzene ring substituents is 1. The number of amides is 2. The summed E-state index contributed by atoms with van der Waals surface area (Å²) in [5.41, 5.74) is 2.58. The van der Waals surface area contributed by atoms with E-state index in [2.05, 4.69) is 5.32 Å². The fourth-order valence-electron chi connectivity index (χ4n) is 2.45. The lowest BCUT2D eigenvalue weighted by atomic mass is 10.1. The number of carbonyl (C=O) groups excluding carboxylic acids is 2. The first-order valence-electron chi connectivity index (χ1n) is 7.65. The second-order valence-corrected chi connectivity index (χ2v) is 5.78. The fourth-order valence-corrected chi connectivity index (χ4v) is 2.45. The standard InChI is InChI=1S/C18H19N3O4/c1-12-6-4-7-13(2)17(12)19-16(22)11-20(3)18(23)14-8-5-9-15(10-14)21(24)25/h4-10H,11H2,1-3H3,(H,19,22). The quantitative estimate of drug-likeness (QED) is 0.668. The summed E-state index contributed by atoms with van der Waals surface area (Å²) in [7, 11) is 1.48. The lowest BCUT2D eigenvalue weighted by Gasteiger charge is -2.18. The Hall–Kier alpha value is -3.22. The van der Waals surface area contributed by atoms with Crippen LogP contribution in [0.5, 0.6) is 0 Å². The zero-order valence-corrected chi connectivity index (χ0v) is 14.3. The van der Waals surface area contributed by atoms with Crippen LogP contribution in [0.25, 0.3) is 0 Å². The molecule has 0 aliphatic rings. The van der Waals surface area contributed by atoms with Crippen LogP contribution in [0.15, 0.2) is 42.5 Å². The number of nitrogens with zero attached hydrogens (tertiary/aromatic N) is 2. The zero-order valence-electron chi connectivity index (χ0n) is 14.3. The third-order valence-corrected chi connectivity index (χ3v) is 3.78. The van der Waals surface area contributed by atoms with Crippen molar-refractivity contribution in [3.05, 3.63) is 69.3 Å². The molecule has 0 radical (unpaired) electrons. The SMILES string of the molecule is Cc1cccc(C)c1NC(=O)CN(C)C(=O)c1cccc([N+](=O)[O-])c1. The first-order valence-corrected chi connectivity index (χ1v) is 7.65. The van der Waals surface area contributed by atoms with Crippen molar-refractivity contribution in [3.63, 3.8) is 0 Å². The minimum Gasteiger partial charge on any atom is -0.332 e. The molecule has 0 aliphatic carbocycles. The van der Waals surface area contributed by atoms with Gasteiger partial charge in [-0.05, 0) is 31.0 Å². The van der Waals surface area contributed by atoms with Crippen molar-refractivity contribution in [2.75, 3.05) is 18.9 Å². The number of anilines is 1. The summed E-state index contributed by atoms with van der Waals surface area (Å²) in [6.45, 7) is 3.62. The molecule has 0 bridgehead atoms. The van der Waals surface area contributed by atoms with E-state index in [9.17, 15) is 19.7 Å². The van der Waals surface area contributed by atoms with Gasteiger partial charge in [0.2, 0.25) is 5.91 Å². The lowest BCUT2D eigenvalue weighted by Crippen LogP contribution is -2.35. The minimum atomic E-state index is -0.565. The molecule has 0 heterocycles. The third kappa shape index (κ3) is 4.41. The molecular formula is C18H19N3O4. The average molecular weight is 341 g/mol. The van der Waals surface area contributed by atoms with Gasteiger partial charge in [0, 0.05) is 30.4 Å². The number of hydrogen-bond acceptors (Lipinski definition) is 4. The Morgan fingerprint density at radius 2 is 1.72 bits per heavy atom. The van der Waals surface area contributed by atoms with E-state index < -0.39 is 10.8 Å². The molecular weight excluding hydrogens is 322 g/mol. The third-order valence-electron chi connectivity index (χ3n) is 3.78. The Labute approximate surface area is 145 Å². The largest absolute Gasteiger partial charge is 0.332 e. The fraction of sp³-hybridized carbons (Fsp3) is 0.222. The van der Waals surface area contributed by atoms with Gasteiger partial charge in [-0.25, -0.2) is 0 Å². The molecule has 1 N–H and O–H groups in total. The highest BCUT2D eigenvalue weighted by molar-refractivity contribution is 6.00. The van der Waals surface area contributed by atoms with Crippen molar-refractivity contribution in [2.45, 2.75) is 13.8 Å². The van der Waals surface area contributed by atoms with Crippen molar-refractivity contribution in [1.82, 2.24) is 4.90 Å². The van der Waals surface area contributed by atoms with E-state index >= 15 is 0 Å². The van der Waals surface area contributed by atoms with Gasteiger partial charge in [0.25, 0.3) is 11.6 Å². The maximum Gasteiger partial charge on any atom is 0.270 e. The number of carbonyl (C=O) groups is 2. The summed E-state index contributed by atoms with van der Waals surface area (Å²) in [6, 6.07) is 11.1. The number of likely N-dealkylation sites (N-methyl/N-ethyl adjacent to an activating group) is 1. The second kappa shape index (κ2) is 7.57. The molecule has 130 valence electrons. The van der Waals surface area contributed by atoms with Crippen LogP contribution in [-0.2, 0) is 4.79 Å². The predicted molar refractivity (Wildman–Crippen MR) is 94.6 cm³/mol. The molecule has 2 aromatic rings. The van der Waals surface area contributed by atoms with E-state index in [1.54, 1.807) is 0 Å². The predicted octanol–water partition coefficient (Wildman–Crippen LogP) is 2.92. The molecule has 25 heavy (non-hydrogen) atoms. The number of aryl methyl sites for hydroxylation is 2. The molecule has 0 aliphatic heterocycles. The number of benzene rings is 2. The van der Waals surface area contributed by atoms with Gasteiger partial charge in [-0.3, -0.25) is 19.7 Å². The minimum absolute atomic E-state index is 0.157. The maximum absolute atomic E-state index is 12.4. The average Bonchev–Trinajstić information content (AvgIpc) is 2.57. The molecule has 0 atom stereocenters. The number of nitro groups is 1. The molecule has 0 spiro atoms. The van der Waals surface area contributed by atoms with Gasteiger partial charge in [0.05, 0.1) is 11.5 Å². The van der Waals surface area contributed by atoms with Gasteiger partial charge in [0.15, 0.2) is 0 Å². The first kappa shape index (κ1) is 18.1. The van der Waals surface area contributed by atoms with E-state index in [0.29, 0.717) is 0 Å². The smallest absolute Gasteiger partial charge is 0.270 e. The van der Waals surface area contributed by atoms with Gasteiger partial charge in [-0.15, -0.1) is 0 Å². The number of para-hydroxylation sites is 1. The summed E-state index contributed by atoms with van der Waals surface area (Å²) >= 11 is 0. The van der Waals surface area contributed by atoms with Crippen molar-refractivity contribution in [1.29, 1.82) is 0 Å². The molecule has 0 saturated heterocycles. The summed E-state index contributed by atoms with van der Waals surface area (Å²) in [5.74, 6) is -0.793. The van der Waals surface area contributed by atoms with E-state index in [1.165, 1.54) is 36.2 Å². The van der Waals surface area contributed by atoms with E-state index in [4.69, 9.17) is 0 Å². The van der Waals surface area contributed by atoms with E-state index in [0.717, 1.165) is 16.8 Å². The Morgan fingerprint density at radius 3 is 2.32 bits per heavy atom. The molecule has 2 rings (SSSR count). The molecule has 0 unspecified atom stereocenters. The number of rotatable bonds is 5. The van der Waals surface area contributed by atoms with Crippen molar-refractivity contribution >= 4 is 23.2 Å². The van der Waals surface area contributed by atoms with Crippen LogP contribution in [0.1, 0.15) is 21.5 Å². The Bertz CT molecular complexity index is 813.